The van der Waals surface area contributed by atoms with E-state index < -0.39 is 0 Å². The molecule has 188 valence electrons. The van der Waals surface area contributed by atoms with Crippen LogP contribution in [0.15, 0.2) is 43.1 Å². The molecular weight excluding hydrogens is 470 g/mol. The molecule has 2 fully saturated rings. The number of piperazine rings is 1. The van der Waals surface area contributed by atoms with E-state index in [-0.39, 0.29) is 11.3 Å². The number of nitrogens with zero attached hydrogens (tertiary/aromatic N) is 9. The highest BCUT2D eigenvalue weighted by atomic mass is 16.5. The summed E-state index contributed by atoms with van der Waals surface area (Å²) in [5.41, 5.74) is 3.78. The Labute approximate surface area is 213 Å². The largest absolute Gasteiger partial charge is 0.384 e. The van der Waals surface area contributed by atoms with E-state index in [4.69, 9.17) is 14.7 Å². The highest BCUT2D eigenvalue weighted by Crippen LogP contribution is 2.47. The van der Waals surface area contributed by atoms with Gasteiger partial charge in [0.05, 0.1) is 42.0 Å². The van der Waals surface area contributed by atoms with Crippen molar-refractivity contribution in [2.45, 2.75) is 12.8 Å². The minimum Gasteiger partial charge on any atom is -0.384 e. The number of aromatic nitrogens is 6. The summed E-state index contributed by atoms with van der Waals surface area (Å²) in [4.78, 5) is 26.7. The van der Waals surface area contributed by atoms with Gasteiger partial charge in [-0.2, -0.15) is 15.5 Å². The maximum atomic E-state index is 13.0. The van der Waals surface area contributed by atoms with E-state index in [0.29, 0.717) is 42.2 Å². The van der Waals surface area contributed by atoms with Gasteiger partial charge < -0.3 is 14.5 Å². The number of hydrogen-bond donors (Lipinski definition) is 0. The van der Waals surface area contributed by atoms with Gasteiger partial charge in [-0.1, -0.05) is 0 Å². The molecule has 5 heterocycles. The van der Waals surface area contributed by atoms with Crippen LogP contribution in [0.25, 0.3) is 28.0 Å². The molecule has 6 rings (SSSR count). The lowest BCUT2D eigenvalue weighted by Gasteiger charge is -2.37. The van der Waals surface area contributed by atoms with Crippen molar-refractivity contribution in [2.24, 2.45) is 12.5 Å². The molecule has 1 aliphatic carbocycles. The van der Waals surface area contributed by atoms with Crippen LogP contribution in [-0.4, -0.2) is 80.1 Å². The average Bonchev–Trinajstić information content (AvgIpc) is 3.38. The molecule has 0 N–H and O–H groups in total. The maximum absolute atomic E-state index is 13.0. The summed E-state index contributed by atoms with van der Waals surface area (Å²) in [7, 11) is 3.51. The molecule has 11 nitrogen and oxygen atoms in total. The molecule has 1 aliphatic heterocycles. The summed E-state index contributed by atoms with van der Waals surface area (Å²) in [6.07, 6.45) is 10.6. The molecule has 1 amide bonds. The van der Waals surface area contributed by atoms with E-state index in [9.17, 15) is 10.1 Å². The minimum atomic E-state index is -0.296. The first-order valence-electron chi connectivity index (χ1n) is 12.3. The number of hydrogen-bond acceptors (Lipinski definition) is 8. The van der Waals surface area contributed by atoms with Crippen LogP contribution in [-0.2, 0) is 16.6 Å². The van der Waals surface area contributed by atoms with Crippen LogP contribution in [0, 0.1) is 16.7 Å². The van der Waals surface area contributed by atoms with Gasteiger partial charge in [0.1, 0.15) is 23.0 Å². The number of carbonyl (C=O) groups is 1. The van der Waals surface area contributed by atoms with Crippen molar-refractivity contribution in [2.75, 3.05) is 44.8 Å². The third-order valence-electron chi connectivity index (χ3n) is 7.26. The van der Waals surface area contributed by atoms with Crippen LogP contribution in [0.5, 0.6) is 0 Å². The van der Waals surface area contributed by atoms with E-state index >= 15 is 0 Å². The summed E-state index contributed by atoms with van der Waals surface area (Å²) >= 11 is 0. The fourth-order valence-corrected chi connectivity index (χ4v) is 5.02. The number of ether oxygens (including phenoxy) is 1. The van der Waals surface area contributed by atoms with Crippen LogP contribution in [0.2, 0.25) is 0 Å². The Morgan fingerprint density at radius 3 is 2.51 bits per heavy atom. The maximum Gasteiger partial charge on any atom is 0.231 e. The summed E-state index contributed by atoms with van der Waals surface area (Å²) in [6, 6.07) is 6.16. The normalized spacial score (nSPS) is 16.7. The Hall–Kier alpha value is -4.30. The number of pyridine rings is 1. The Bertz CT molecular complexity index is 1500. The molecule has 0 spiro atoms. The molecule has 4 aromatic heterocycles. The Kier molecular flexibility index (Phi) is 5.61. The van der Waals surface area contributed by atoms with Crippen LogP contribution < -0.4 is 4.90 Å². The van der Waals surface area contributed by atoms with E-state index in [0.717, 1.165) is 42.9 Å². The first kappa shape index (κ1) is 23.1. The highest BCUT2D eigenvalue weighted by Gasteiger charge is 2.52. The number of anilines is 1. The zero-order chi connectivity index (χ0) is 25.6. The molecule has 4 aromatic rings. The predicted octanol–water partition coefficient (Wildman–Crippen LogP) is 2.14. The standard InChI is InChI=1S/C26H27N9O2/c1-32-15-20(14-29-32)21-16-35-24(19(11-27)13-30-35)23(31-21)18-3-4-22(28-12-18)33-7-9-34(10-8-33)25(36)26(5-6-26)17-37-2/h3-4,12-16H,5-10,17H2,1-2H3. The third kappa shape index (κ3) is 4.09. The molecule has 0 radical (unpaired) electrons. The second-order valence-electron chi connectivity index (χ2n) is 9.74. The molecule has 1 saturated heterocycles. The van der Waals surface area contributed by atoms with Gasteiger partial charge in [0.2, 0.25) is 5.91 Å². The zero-order valence-corrected chi connectivity index (χ0v) is 20.8. The number of carbonyl (C=O) groups excluding carboxylic acids is 1. The molecular formula is C26H27N9O2. The second kappa shape index (κ2) is 8.97. The molecule has 0 unspecified atom stereocenters. The SMILES string of the molecule is COCC1(C(=O)N2CCN(c3ccc(-c4nc(-c5cnn(C)c5)cn5ncc(C#N)c45)cn3)CC2)CC1. The Morgan fingerprint density at radius 1 is 1.08 bits per heavy atom. The van der Waals surface area contributed by atoms with Crippen molar-refractivity contribution in [3.63, 3.8) is 0 Å². The first-order chi connectivity index (χ1) is 18.0. The van der Waals surface area contributed by atoms with E-state index in [2.05, 4.69) is 21.2 Å². The van der Waals surface area contributed by atoms with E-state index in [1.807, 2.05) is 30.3 Å². The second-order valence-corrected chi connectivity index (χ2v) is 9.74. The summed E-state index contributed by atoms with van der Waals surface area (Å²) < 4.78 is 8.69. The van der Waals surface area contributed by atoms with Gasteiger partial charge in [0.25, 0.3) is 0 Å². The van der Waals surface area contributed by atoms with Crippen LogP contribution in [0.3, 0.4) is 0 Å². The lowest BCUT2D eigenvalue weighted by Crippen LogP contribution is -2.51. The molecule has 0 bridgehead atoms. The number of amides is 1. The number of aryl methyl sites for hydroxylation is 1. The summed E-state index contributed by atoms with van der Waals surface area (Å²) in [6.45, 7) is 3.29. The minimum absolute atomic E-state index is 0.218. The number of methoxy groups -OCH3 is 1. The van der Waals surface area contributed by atoms with Gasteiger partial charge in [-0.05, 0) is 25.0 Å². The van der Waals surface area contributed by atoms with Crippen molar-refractivity contribution >= 4 is 17.2 Å². The monoisotopic (exact) mass is 497 g/mol. The number of rotatable bonds is 6. The van der Waals surface area contributed by atoms with Gasteiger partial charge in [0.15, 0.2) is 0 Å². The Morgan fingerprint density at radius 2 is 1.89 bits per heavy atom. The smallest absolute Gasteiger partial charge is 0.231 e. The van der Waals surface area contributed by atoms with Crippen LogP contribution in [0.4, 0.5) is 5.82 Å². The lowest BCUT2D eigenvalue weighted by molar-refractivity contribution is -0.139. The predicted molar refractivity (Wildman–Crippen MR) is 135 cm³/mol. The fourth-order valence-electron chi connectivity index (χ4n) is 5.02. The van der Waals surface area contributed by atoms with Gasteiger partial charge in [-0.15, -0.1) is 0 Å². The topological polar surface area (TPSA) is 117 Å². The summed E-state index contributed by atoms with van der Waals surface area (Å²) in [5, 5.41) is 18.3. The van der Waals surface area contributed by atoms with Gasteiger partial charge in [-0.25, -0.2) is 14.5 Å². The third-order valence-corrected chi connectivity index (χ3v) is 7.26. The van der Waals surface area contributed by atoms with Gasteiger partial charge in [0, 0.05) is 63.9 Å². The van der Waals surface area contributed by atoms with Crippen LogP contribution >= 0.6 is 0 Å². The number of fused-ring (bicyclic) bond motifs is 1. The van der Waals surface area contributed by atoms with Crippen molar-refractivity contribution in [3.05, 3.63) is 48.7 Å². The first-order valence-corrected chi connectivity index (χ1v) is 12.3. The van der Waals surface area contributed by atoms with E-state index in [1.165, 1.54) is 0 Å². The van der Waals surface area contributed by atoms with E-state index in [1.54, 1.807) is 41.1 Å². The van der Waals surface area contributed by atoms with Crippen molar-refractivity contribution in [1.82, 2.24) is 34.3 Å². The number of nitriles is 1. The lowest BCUT2D eigenvalue weighted by atomic mass is 10.1. The molecule has 37 heavy (non-hydrogen) atoms. The van der Waals surface area contributed by atoms with Gasteiger partial charge in [-0.3, -0.25) is 9.48 Å². The molecule has 2 aliphatic rings. The van der Waals surface area contributed by atoms with Gasteiger partial charge >= 0.3 is 0 Å². The molecule has 0 atom stereocenters. The molecule has 0 aromatic carbocycles. The summed E-state index contributed by atoms with van der Waals surface area (Å²) in [5.74, 6) is 1.07. The molecule has 1 saturated carbocycles. The van der Waals surface area contributed by atoms with Crippen molar-refractivity contribution in [3.8, 4) is 28.6 Å². The fraction of sp³-hybridized carbons (Fsp3) is 0.385. The molecule has 11 heteroatoms. The highest BCUT2D eigenvalue weighted by molar-refractivity contribution is 5.86. The van der Waals surface area contributed by atoms with Crippen molar-refractivity contribution < 1.29 is 9.53 Å². The average molecular weight is 498 g/mol. The van der Waals surface area contributed by atoms with Crippen LogP contribution in [0.1, 0.15) is 18.4 Å². The zero-order valence-electron chi connectivity index (χ0n) is 20.8. The quantitative estimate of drug-likeness (QED) is 0.398. The van der Waals surface area contributed by atoms with Crippen molar-refractivity contribution in [1.29, 1.82) is 5.26 Å². The Balaban J connectivity index is 1.24.